The molecule has 0 fully saturated rings. The summed E-state index contributed by atoms with van der Waals surface area (Å²) >= 11 is 0. The van der Waals surface area contributed by atoms with E-state index in [1.807, 2.05) is 31.2 Å². The molecule has 2 aromatic rings. The molecular weight excluding hydrogens is 252 g/mol. The highest BCUT2D eigenvalue weighted by Gasteiger charge is 2.05. The first-order chi connectivity index (χ1) is 9.72. The highest BCUT2D eigenvalue weighted by Crippen LogP contribution is 2.27. The Kier molecular flexibility index (Phi) is 4.76. The molecule has 0 aliphatic heterocycles. The number of rotatable bonds is 6. The molecule has 5 nitrogen and oxygen atoms in total. The zero-order chi connectivity index (χ0) is 14.4. The van der Waals surface area contributed by atoms with Crippen LogP contribution < -0.4 is 15.4 Å². The summed E-state index contributed by atoms with van der Waals surface area (Å²) in [5, 5.41) is 6.43. The second kappa shape index (κ2) is 6.75. The lowest BCUT2D eigenvalue weighted by Gasteiger charge is -2.11. The van der Waals surface area contributed by atoms with Crippen LogP contribution in [0.15, 0.2) is 30.5 Å². The molecule has 0 aliphatic carbocycles. The average Bonchev–Trinajstić information content (AvgIpc) is 2.46. The van der Waals surface area contributed by atoms with Crippen molar-refractivity contribution in [3.05, 3.63) is 36.0 Å². The van der Waals surface area contributed by atoms with Crippen LogP contribution in [0.1, 0.15) is 18.9 Å². The maximum absolute atomic E-state index is 5.33. The van der Waals surface area contributed by atoms with Gasteiger partial charge in [0.2, 0.25) is 5.95 Å². The molecule has 2 N–H and O–H groups in total. The Morgan fingerprint density at radius 3 is 2.85 bits per heavy atom. The van der Waals surface area contributed by atoms with Crippen LogP contribution in [0, 0.1) is 6.92 Å². The highest BCUT2D eigenvalue weighted by atomic mass is 16.5. The quantitative estimate of drug-likeness (QED) is 0.844. The SMILES string of the molecule is CCCNc1ccnc(Nc2cc(C)ccc2OC)n1. The van der Waals surface area contributed by atoms with Crippen molar-refractivity contribution in [2.45, 2.75) is 20.3 Å². The van der Waals surface area contributed by atoms with Gasteiger partial charge in [0.1, 0.15) is 11.6 Å². The molecule has 0 atom stereocenters. The van der Waals surface area contributed by atoms with Gasteiger partial charge in [-0.25, -0.2) is 4.98 Å². The van der Waals surface area contributed by atoms with Crippen molar-refractivity contribution in [3.8, 4) is 5.75 Å². The summed E-state index contributed by atoms with van der Waals surface area (Å²) in [5.74, 6) is 2.14. The maximum Gasteiger partial charge on any atom is 0.229 e. The van der Waals surface area contributed by atoms with E-state index in [0.29, 0.717) is 5.95 Å². The summed E-state index contributed by atoms with van der Waals surface area (Å²) in [4.78, 5) is 8.65. The number of nitrogens with zero attached hydrogens (tertiary/aromatic N) is 2. The number of ether oxygens (including phenoxy) is 1. The van der Waals surface area contributed by atoms with Crippen LogP contribution >= 0.6 is 0 Å². The first kappa shape index (κ1) is 14.1. The van der Waals surface area contributed by atoms with Crippen LogP contribution in [0.25, 0.3) is 0 Å². The number of nitrogens with one attached hydrogen (secondary N) is 2. The fourth-order valence-corrected chi connectivity index (χ4v) is 1.81. The van der Waals surface area contributed by atoms with Crippen LogP contribution in [0.2, 0.25) is 0 Å². The number of aryl methyl sites for hydroxylation is 1. The lowest BCUT2D eigenvalue weighted by atomic mass is 10.2. The Morgan fingerprint density at radius 2 is 2.10 bits per heavy atom. The number of hydrogen-bond donors (Lipinski definition) is 2. The van der Waals surface area contributed by atoms with Gasteiger partial charge in [0, 0.05) is 12.7 Å². The van der Waals surface area contributed by atoms with E-state index in [9.17, 15) is 0 Å². The first-order valence-electron chi connectivity index (χ1n) is 6.71. The summed E-state index contributed by atoms with van der Waals surface area (Å²) in [6.45, 7) is 5.04. The first-order valence-corrected chi connectivity index (χ1v) is 6.71. The molecule has 1 aromatic carbocycles. The molecule has 106 valence electrons. The zero-order valence-corrected chi connectivity index (χ0v) is 12.1. The minimum atomic E-state index is 0.551. The average molecular weight is 272 g/mol. The second-order valence-corrected chi connectivity index (χ2v) is 4.52. The topological polar surface area (TPSA) is 59.1 Å². The molecule has 0 amide bonds. The van der Waals surface area contributed by atoms with E-state index < -0.39 is 0 Å². The Balaban J connectivity index is 2.19. The molecule has 0 radical (unpaired) electrons. The third kappa shape index (κ3) is 3.60. The predicted octanol–water partition coefficient (Wildman–Crippen LogP) is 3.36. The molecule has 0 aliphatic rings. The minimum absolute atomic E-state index is 0.551. The fraction of sp³-hybridized carbons (Fsp3) is 0.333. The predicted molar refractivity (Wildman–Crippen MR) is 81.8 cm³/mol. The molecule has 2 rings (SSSR count). The summed E-state index contributed by atoms with van der Waals surface area (Å²) in [7, 11) is 1.65. The Morgan fingerprint density at radius 1 is 1.25 bits per heavy atom. The molecule has 0 saturated carbocycles. The summed E-state index contributed by atoms with van der Waals surface area (Å²) in [6, 6.07) is 7.80. The smallest absolute Gasteiger partial charge is 0.229 e. The van der Waals surface area contributed by atoms with Crippen LogP contribution in [-0.2, 0) is 0 Å². The molecular formula is C15H20N4O. The van der Waals surface area contributed by atoms with Crippen LogP contribution in [0.5, 0.6) is 5.75 Å². The van der Waals surface area contributed by atoms with Crippen LogP contribution in [0.3, 0.4) is 0 Å². The van der Waals surface area contributed by atoms with Crippen molar-refractivity contribution in [2.75, 3.05) is 24.3 Å². The minimum Gasteiger partial charge on any atom is -0.495 e. The Hall–Kier alpha value is -2.30. The van der Waals surface area contributed by atoms with Crippen molar-refractivity contribution in [2.24, 2.45) is 0 Å². The summed E-state index contributed by atoms with van der Waals surface area (Å²) in [5.41, 5.74) is 2.01. The third-order valence-electron chi connectivity index (χ3n) is 2.81. The summed E-state index contributed by atoms with van der Waals surface area (Å²) in [6.07, 6.45) is 2.79. The van der Waals surface area contributed by atoms with E-state index in [2.05, 4.69) is 27.5 Å². The van der Waals surface area contributed by atoms with Gasteiger partial charge in [-0.1, -0.05) is 13.0 Å². The fourth-order valence-electron chi connectivity index (χ4n) is 1.81. The maximum atomic E-state index is 5.33. The van der Waals surface area contributed by atoms with Crippen molar-refractivity contribution in [1.82, 2.24) is 9.97 Å². The van der Waals surface area contributed by atoms with Crippen molar-refractivity contribution in [1.29, 1.82) is 0 Å². The highest BCUT2D eigenvalue weighted by molar-refractivity contribution is 5.64. The largest absolute Gasteiger partial charge is 0.495 e. The molecule has 1 aromatic heterocycles. The Bertz CT molecular complexity index is 572. The van der Waals surface area contributed by atoms with Gasteiger partial charge in [-0.05, 0) is 37.1 Å². The number of benzene rings is 1. The molecule has 0 saturated heterocycles. The van der Waals surface area contributed by atoms with E-state index in [0.717, 1.165) is 35.8 Å². The molecule has 0 bridgehead atoms. The number of methoxy groups -OCH3 is 1. The monoisotopic (exact) mass is 272 g/mol. The molecule has 0 unspecified atom stereocenters. The zero-order valence-electron chi connectivity index (χ0n) is 12.1. The van der Waals surface area contributed by atoms with Gasteiger partial charge >= 0.3 is 0 Å². The number of aromatic nitrogens is 2. The lowest BCUT2D eigenvalue weighted by Crippen LogP contribution is -2.05. The van der Waals surface area contributed by atoms with E-state index in [-0.39, 0.29) is 0 Å². The normalized spacial score (nSPS) is 10.2. The van der Waals surface area contributed by atoms with Gasteiger partial charge in [-0.3, -0.25) is 0 Å². The number of anilines is 3. The molecule has 5 heteroatoms. The van der Waals surface area contributed by atoms with E-state index in [4.69, 9.17) is 4.74 Å². The van der Waals surface area contributed by atoms with Crippen molar-refractivity contribution in [3.63, 3.8) is 0 Å². The van der Waals surface area contributed by atoms with E-state index in [1.165, 1.54) is 0 Å². The standard InChI is InChI=1S/C15H20N4O/c1-4-8-16-14-7-9-17-15(19-14)18-12-10-11(2)5-6-13(12)20-3/h5-7,9-10H,4,8H2,1-3H3,(H2,16,17,18,19). The van der Waals surface area contributed by atoms with Crippen molar-refractivity contribution < 1.29 is 4.74 Å². The van der Waals surface area contributed by atoms with Gasteiger partial charge in [-0.15, -0.1) is 0 Å². The van der Waals surface area contributed by atoms with Crippen LogP contribution in [-0.4, -0.2) is 23.6 Å². The van der Waals surface area contributed by atoms with Crippen molar-refractivity contribution >= 4 is 17.5 Å². The third-order valence-corrected chi connectivity index (χ3v) is 2.81. The van der Waals surface area contributed by atoms with E-state index >= 15 is 0 Å². The lowest BCUT2D eigenvalue weighted by molar-refractivity contribution is 0.416. The van der Waals surface area contributed by atoms with Gasteiger partial charge in [-0.2, -0.15) is 4.98 Å². The molecule has 1 heterocycles. The van der Waals surface area contributed by atoms with Crippen LogP contribution in [0.4, 0.5) is 17.5 Å². The summed E-state index contributed by atoms with van der Waals surface area (Å²) < 4.78 is 5.33. The van der Waals surface area contributed by atoms with Gasteiger partial charge < -0.3 is 15.4 Å². The van der Waals surface area contributed by atoms with Gasteiger partial charge in [0.25, 0.3) is 0 Å². The molecule has 20 heavy (non-hydrogen) atoms. The van der Waals surface area contributed by atoms with E-state index in [1.54, 1.807) is 13.3 Å². The Labute approximate surface area is 119 Å². The molecule has 0 spiro atoms. The number of hydrogen-bond acceptors (Lipinski definition) is 5. The second-order valence-electron chi connectivity index (χ2n) is 4.52. The van der Waals surface area contributed by atoms with Gasteiger partial charge in [0.05, 0.1) is 12.8 Å². The van der Waals surface area contributed by atoms with Gasteiger partial charge in [0.15, 0.2) is 0 Å².